The number of carbonyl (C=O) groups excluding carboxylic acids is 1. The van der Waals surface area contributed by atoms with Crippen molar-refractivity contribution in [3.8, 4) is 0 Å². The van der Waals surface area contributed by atoms with E-state index >= 15 is 0 Å². The van der Waals surface area contributed by atoms with Crippen LogP contribution in [0.25, 0.3) is 0 Å². The Bertz CT molecular complexity index is 563. The van der Waals surface area contributed by atoms with Gasteiger partial charge in [-0.1, -0.05) is 18.2 Å². The lowest BCUT2D eigenvalue weighted by Crippen LogP contribution is -2.56. The first-order chi connectivity index (χ1) is 9.73. The van der Waals surface area contributed by atoms with Crippen molar-refractivity contribution < 1.29 is 14.7 Å². The molecule has 1 aromatic carbocycles. The van der Waals surface area contributed by atoms with Crippen LogP contribution in [0.3, 0.4) is 0 Å². The fourth-order valence-corrected chi connectivity index (χ4v) is 2.93. The van der Waals surface area contributed by atoms with Gasteiger partial charge in [-0.2, -0.15) is 0 Å². The molecule has 1 unspecified atom stereocenters. The lowest BCUT2D eigenvalue weighted by Gasteiger charge is -2.39. The summed E-state index contributed by atoms with van der Waals surface area (Å²) in [6, 6.07) is 7.07. The minimum atomic E-state index is -1.06. The Hall–Kier alpha value is -2.04. The first-order valence-electron chi connectivity index (χ1n) is 7.11. The Balaban J connectivity index is 2.41. The topological polar surface area (TPSA) is 60.9 Å². The van der Waals surface area contributed by atoms with Gasteiger partial charge in [0.2, 0.25) is 5.91 Å². The van der Waals surface area contributed by atoms with Crippen LogP contribution in [-0.4, -0.2) is 40.6 Å². The fraction of sp³-hybridized carbons (Fsp3) is 0.500. The van der Waals surface area contributed by atoms with Crippen molar-refractivity contribution in [2.75, 3.05) is 11.9 Å². The molecule has 2 rings (SSSR count). The second-order valence-electron chi connectivity index (χ2n) is 6.40. The van der Waals surface area contributed by atoms with E-state index in [1.807, 2.05) is 45.0 Å². The summed E-state index contributed by atoms with van der Waals surface area (Å²) in [5.41, 5.74) is 1.32. The number of carbonyl (C=O) groups is 2. The van der Waals surface area contributed by atoms with Crippen molar-refractivity contribution in [2.24, 2.45) is 0 Å². The molecule has 5 nitrogen and oxygen atoms in total. The van der Waals surface area contributed by atoms with Gasteiger partial charge in [-0.15, -0.1) is 0 Å². The standard InChI is InChI=1S/C16H22N2O3/c1-16(2,3)18(15(20)21)13-10-9-11-7-5-6-8-12(11)17(4)14(13)19/h5-8,13H,9-10H2,1-4H3,(H,20,21). The van der Waals surface area contributed by atoms with E-state index in [9.17, 15) is 14.7 Å². The fourth-order valence-electron chi connectivity index (χ4n) is 2.93. The molecule has 1 heterocycles. The van der Waals surface area contributed by atoms with Gasteiger partial charge in [0.15, 0.2) is 0 Å². The maximum absolute atomic E-state index is 12.7. The SMILES string of the molecule is CN1C(=O)C(N(C(=O)O)C(C)(C)C)CCc2ccccc21. The average molecular weight is 290 g/mol. The highest BCUT2D eigenvalue weighted by Gasteiger charge is 2.40. The average Bonchev–Trinajstić information content (AvgIpc) is 2.50. The molecular formula is C16H22N2O3. The highest BCUT2D eigenvalue weighted by Crippen LogP contribution is 2.30. The molecule has 0 spiro atoms. The predicted molar refractivity (Wildman–Crippen MR) is 81.6 cm³/mol. The molecule has 0 bridgehead atoms. The molecular weight excluding hydrogens is 268 g/mol. The van der Waals surface area contributed by atoms with Gasteiger partial charge >= 0.3 is 6.09 Å². The Labute approximate surface area is 125 Å². The van der Waals surface area contributed by atoms with Gasteiger partial charge in [-0.25, -0.2) is 4.79 Å². The summed E-state index contributed by atoms with van der Waals surface area (Å²) >= 11 is 0. The number of hydrogen-bond acceptors (Lipinski definition) is 2. The predicted octanol–water partition coefficient (Wildman–Crippen LogP) is 2.74. The van der Waals surface area contributed by atoms with Crippen LogP contribution in [0.15, 0.2) is 24.3 Å². The zero-order valence-electron chi connectivity index (χ0n) is 13.0. The summed E-state index contributed by atoms with van der Waals surface area (Å²) in [7, 11) is 1.71. The summed E-state index contributed by atoms with van der Waals surface area (Å²) in [5.74, 6) is -0.169. The molecule has 1 N–H and O–H groups in total. The van der Waals surface area contributed by atoms with E-state index < -0.39 is 17.7 Å². The van der Waals surface area contributed by atoms with Gasteiger partial charge in [-0.05, 0) is 45.2 Å². The third kappa shape index (κ3) is 2.86. The summed E-state index contributed by atoms with van der Waals surface area (Å²) in [6.45, 7) is 5.44. The molecule has 0 saturated carbocycles. The van der Waals surface area contributed by atoms with Crippen LogP contribution in [0.5, 0.6) is 0 Å². The molecule has 1 aliphatic rings. The maximum Gasteiger partial charge on any atom is 0.408 e. The molecule has 0 saturated heterocycles. The van der Waals surface area contributed by atoms with Crippen LogP contribution in [0.1, 0.15) is 32.8 Å². The number of rotatable bonds is 1. The first-order valence-corrected chi connectivity index (χ1v) is 7.11. The lowest BCUT2D eigenvalue weighted by atomic mass is 9.99. The maximum atomic E-state index is 12.7. The van der Waals surface area contributed by atoms with Crippen LogP contribution in [0.4, 0.5) is 10.5 Å². The van der Waals surface area contributed by atoms with Crippen LogP contribution in [0.2, 0.25) is 0 Å². The molecule has 1 aromatic rings. The Kier molecular flexibility index (Phi) is 3.94. The number of likely N-dealkylation sites (N-methyl/N-ethyl adjacent to an activating group) is 1. The molecule has 0 aliphatic carbocycles. The number of benzene rings is 1. The van der Waals surface area contributed by atoms with Gasteiger partial charge in [0.05, 0.1) is 0 Å². The summed E-state index contributed by atoms with van der Waals surface area (Å²) in [4.78, 5) is 27.2. The van der Waals surface area contributed by atoms with E-state index in [-0.39, 0.29) is 5.91 Å². The zero-order chi connectivity index (χ0) is 15.8. The van der Waals surface area contributed by atoms with Crippen molar-refractivity contribution in [3.05, 3.63) is 29.8 Å². The normalized spacial score (nSPS) is 19.0. The van der Waals surface area contributed by atoms with Crippen molar-refractivity contribution in [1.29, 1.82) is 0 Å². The zero-order valence-corrected chi connectivity index (χ0v) is 13.0. The molecule has 1 aliphatic heterocycles. The van der Waals surface area contributed by atoms with Gasteiger partial charge in [0.25, 0.3) is 0 Å². The summed E-state index contributed by atoms with van der Waals surface area (Å²) in [6.07, 6.45) is 0.140. The van der Waals surface area contributed by atoms with Crippen molar-refractivity contribution >= 4 is 17.7 Å². The van der Waals surface area contributed by atoms with E-state index in [1.165, 1.54) is 4.90 Å². The van der Waals surface area contributed by atoms with Crippen LogP contribution in [-0.2, 0) is 11.2 Å². The Morgan fingerprint density at radius 1 is 1.33 bits per heavy atom. The number of aryl methyl sites for hydroxylation is 1. The Morgan fingerprint density at radius 3 is 2.52 bits per heavy atom. The van der Waals surface area contributed by atoms with E-state index in [0.29, 0.717) is 12.8 Å². The molecule has 114 valence electrons. The largest absolute Gasteiger partial charge is 0.465 e. The molecule has 0 aromatic heterocycles. The molecule has 5 heteroatoms. The van der Waals surface area contributed by atoms with Gasteiger partial charge < -0.3 is 10.0 Å². The minimum Gasteiger partial charge on any atom is -0.465 e. The number of hydrogen-bond donors (Lipinski definition) is 1. The van der Waals surface area contributed by atoms with Gasteiger partial charge in [-0.3, -0.25) is 9.69 Å². The number of para-hydroxylation sites is 1. The monoisotopic (exact) mass is 290 g/mol. The second-order valence-corrected chi connectivity index (χ2v) is 6.40. The molecule has 2 amide bonds. The van der Waals surface area contributed by atoms with E-state index in [0.717, 1.165) is 11.3 Å². The summed E-state index contributed by atoms with van der Waals surface area (Å²) in [5, 5.41) is 9.53. The van der Waals surface area contributed by atoms with Crippen LogP contribution in [0, 0.1) is 0 Å². The van der Waals surface area contributed by atoms with Crippen LogP contribution >= 0.6 is 0 Å². The minimum absolute atomic E-state index is 0.169. The van der Waals surface area contributed by atoms with E-state index in [2.05, 4.69) is 0 Å². The number of carboxylic acid groups (broad SMARTS) is 1. The Morgan fingerprint density at radius 2 is 1.95 bits per heavy atom. The lowest BCUT2D eigenvalue weighted by molar-refractivity contribution is -0.124. The van der Waals surface area contributed by atoms with Gasteiger partial charge in [0.1, 0.15) is 6.04 Å². The number of nitrogens with zero attached hydrogens (tertiary/aromatic N) is 2. The third-order valence-electron chi connectivity index (χ3n) is 3.90. The van der Waals surface area contributed by atoms with Crippen LogP contribution < -0.4 is 4.90 Å². The highest BCUT2D eigenvalue weighted by molar-refractivity contribution is 5.99. The molecule has 0 radical (unpaired) electrons. The number of amides is 2. The van der Waals surface area contributed by atoms with Gasteiger partial charge in [0, 0.05) is 18.3 Å². The van der Waals surface area contributed by atoms with E-state index in [4.69, 9.17) is 0 Å². The number of anilines is 1. The van der Waals surface area contributed by atoms with E-state index in [1.54, 1.807) is 11.9 Å². The molecule has 21 heavy (non-hydrogen) atoms. The number of fused-ring (bicyclic) bond motifs is 1. The van der Waals surface area contributed by atoms with Crippen molar-refractivity contribution in [3.63, 3.8) is 0 Å². The van der Waals surface area contributed by atoms with Crippen molar-refractivity contribution in [2.45, 2.75) is 45.2 Å². The first kappa shape index (κ1) is 15.4. The molecule has 0 fully saturated rings. The second kappa shape index (κ2) is 5.39. The highest BCUT2D eigenvalue weighted by atomic mass is 16.4. The van der Waals surface area contributed by atoms with Crippen molar-refractivity contribution in [1.82, 2.24) is 4.90 Å². The quantitative estimate of drug-likeness (QED) is 0.865. The summed E-state index contributed by atoms with van der Waals surface area (Å²) < 4.78 is 0. The third-order valence-corrected chi connectivity index (χ3v) is 3.90. The molecule has 1 atom stereocenters. The smallest absolute Gasteiger partial charge is 0.408 e.